The van der Waals surface area contributed by atoms with Gasteiger partial charge in [-0.15, -0.1) is 0 Å². The number of hydrazone groups is 1. The van der Waals surface area contributed by atoms with Crippen LogP contribution in [-0.2, 0) is 12.8 Å². The summed E-state index contributed by atoms with van der Waals surface area (Å²) in [6.45, 7) is 2.02. The lowest BCUT2D eigenvalue weighted by atomic mass is 10.2. The van der Waals surface area contributed by atoms with Crippen LogP contribution in [0.1, 0.15) is 39.3 Å². The number of aryl methyl sites for hydroxylation is 2. The number of H-pyrrole nitrogens is 1. The van der Waals surface area contributed by atoms with E-state index in [9.17, 15) is 4.79 Å². The summed E-state index contributed by atoms with van der Waals surface area (Å²) in [4.78, 5) is 12.0. The van der Waals surface area contributed by atoms with Crippen LogP contribution in [0.15, 0.2) is 29.4 Å². The number of rotatable bonds is 3. The second-order valence-electron chi connectivity index (χ2n) is 5.00. The Labute approximate surface area is 117 Å². The quantitative estimate of drug-likeness (QED) is 0.660. The fourth-order valence-electron chi connectivity index (χ4n) is 2.48. The average Bonchev–Trinajstić information content (AvgIpc) is 3.00. The Bertz CT molecular complexity index is 672. The van der Waals surface area contributed by atoms with Gasteiger partial charge in [0.2, 0.25) is 0 Å². The monoisotopic (exact) mass is 268 g/mol. The van der Waals surface area contributed by atoms with Crippen LogP contribution >= 0.6 is 0 Å². The number of aromatic amines is 1. The predicted octanol–water partition coefficient (Wildman–Crippen LogP) is 1.97. The standard InChI is InChI=1S/C15H16N4O/c1-10-4-2-5-11(8-10)9-16-19-15(20)14-12-6-3-7-13(12)17-18-14/h2,4-5,8-9H,3,6-7H2,1H3,(H,17,18)(H,19,20). The highest BCUT2D eigenvalue weighted by atomic mass is 16.2. The van der Waals surface area contributed by atoms with Crippen molar-refractivity contribution >= 4 is 12.1 Å². The number of carbonyl (C=O) groups excluding carboxylic acids is 1. The van der Waals surface area contributed by atoms with Crippen LogP contribution in [0.3, 0.4) is 0 Å². The molecule has 1 amide bonds. The SMILES string of the molecule is Cc1cccc(C=NNC(=O)c2n[nH]c3c2CCC3)c1. The van der Waals surface area contributed by atoms with Gasteiger partial charge in [-0.25, -0.2) is 5.43 Å². The average molecular weight is 268 g/mol. The molecular formula is C15H16N4O. The van der Waals surface area contributed by atoms with Gasteiger partial charge in [0.05, 0.1) is 6.21 Å². The molecule has 0 spiro atoms. The zero-order valence-electron chi connectivity index (χ0n) is 11.3. The van der Waals surface area contributed by atoms with Crippen molar-refractivity contribution in [3.05, 3.63) is 52.3 Å². The zero-order chi connectivity index (χ0) is 13.9. The van der Waals surface area contributed by atoms with Crippen molar-refractivity contribution in [1.82, 2.24) is 15.6 Å². The summed E-state index contributed by atoms with van der Waals surface area (Å²) in [6.07, 6.45) is 4.60. The van der Waals surface area contributed by atoms with Gasteiger partial charge in [0, 0.05) is 11.3 Å². The Kier molecular flexibility index (Phi) is 3.33. The smallest absolute Gasteiger partial charge is 0.281 e. The maximum Gasteiger partial charge on any atom is 0.292 e. The van der Waals surface area contributed by atoms with Gasteiger partial charge >= 0.3 is 0 Å². The number of benzene rings is 1. The minimum atomic E-state index is -0.256. The van der Waals surface area contributed by atoms with Crippen molar-refractivity contribution in [1.29, 1.82) is 0 Å². The van der Waals surface area contributed by atoms with Gasteiger partial charge in [0.25, 0.3) is 5.91 Å². The molecule has 0 atom stereocenters. The Morgan fingerprint density at radius 3 is 3.20 bits per heavy atom. The fraction of sp³-hybridized carbons (Fsp3) is 0.267. The fourth-order valence-corrected chi connectivity index (χ4v) is 2.48. The van der Waals surface area contributed by atoms with Gasteiger partial charge < -0.3 is 0 Å². The highest BCUT2D eigenvalue weighted by molar-refractivity contribution is 5.94. The van der Waals surface area contributed by atoms with E-state index in [2.05, 4.69) is 20.7 Å². The van der Waals surface area contributed by atoms with Crippen LogP contribution in [0.25, 0.3) is 0 Å². The summed E-state index contributed by atoms with van der Waals surface area (Å²) in [5, 5.41) is 11.0. The maximum atomic E-state index is 12.0. The summed E-state index contributed by atoms with van der Waals surface area (Å²) in [5.74, 6) is -0.256. The molecule has 2 N–H and O–H groups in total. The number of hydrogen-bond donors (Lipinski definition) is 2. The highest BCUT2D eigenvalue weighted by Gasteiger charge is 2.22. The van der Waals surface area contributed by atoms with E-state index in [1.165, 1.54) is 0 Å². The second-order valence-corrected chi connectivity index (χ2v) is 5.00. The van der Waals surface area contributed by atoms with E-state index in [1.807, 2.05) is 31.2 Å². The first kappa shape index (κ1) is 12.6. The molecule has 0 radical (unpaired) electrons. The minimum Gasteiger partial charge on any atom is -0.281 e. The topological polar surface area (TPSA) is 70.1 Å². The molecule has 1 heterocycles. The molecule has 2 aromatic rings. The lowest BCUT2D eigenvalue weighted by Gasteiger charge is -1.98. The van der Waals surface area contributed by atoms with Crippen molar-refractivity contribution in [2.75, 3.05) is 0 Å². The summed E-state index contributed by atoms with van der Waals surface area (Å²) in [7, 11) is 0. The van der Waals surface area contributed by atoms with E-state index in [-0.39, 0.29) is 5.91 Å². The molecule has 1 aromatic carbocycles. The van der Waals surface area contributed by atoms with Crippen molar-refractivity contribution in [3.8, 4) is 0 Å². The molecule has 5 heteroatoms. The molecule has 1 aromatic heterocycles. The lowest BCUT2D eigenvalue weighted by Crippen LogP contribution is -2.19. The summed E-state index contributed by atoms with van der Waals surface area (Å²) in [5.41, 5.74) is 7.23. The minimum absolute atomic E-state index is 0.256. The molecule has 102 valence electrons. The first-order chi connectivity index (χ1) is 9.74. The third-order valence-electron chi connectivity index (χ3n) is 3.44. The van der Waals surface area contributed by atoms with E-state index < -0.39 is 0 Å². The highest BCUT2D eigenvalue weighted by Crippen LogP contribution is 2.22. The Balaban J connectivity index is 1.67. The first-order valence-electron chi connectivity index (χ1n) is 6.70. The van der Waals surface area contributed by atoms with Crippen LogP contribution in [0.4, 0.5) is 0 Å². The van der Waals surface area contributed by atoms with Gasteiger partial charge in [-0.05, 0) is 31.7 Å². The van der Waals surface area contributed by atoms with Crippen LogP contribution in [0.5, 0.6) is 0 Å². The summed E-state index contributed by atoms with van der Waals surface area (Å²) < 4.78 is 0. The molecule has 0 aliphatic heterocycles. The number of nitrogens with zero attached hydrogens (tertiary/aromatic N) is 2. The molecule has 0 saturated carbocycles. The molecule has 1 aliphatic rings. The zero-order valence-corrected chi connectivity index (χ0v) is 11.3. The number of carbonyl (C=O) groups is 1. The van der Waals surface area contributed by atoms with Crippen LogP contribution in [-0.4, -0.2) is 22.3 Å². The largest absolute Gasteiger partial charge is 0.292 e. The normalized spacial score (nSPS) is 13.7. The van der Waals surface area contributed by atoms with Crippen molar-refractivity contribution < 1.29 is 4.79 Å². The van der Waals surface area contributed by atoms with Gasteiger partial charge in [-0.3, -0.25) is 9.89 Å². The maximum absolute atomic E-state index is 12.0. The molecule has 0 fully saturated rings. The van der Waals surface area contributed by atoms with E-state index in [1.54, 1.807) is 6.21 Å². The Hall–Kier alpha value is -2.43. The number of aromatic nitrogens is 2. The van der Waals surface area contributed by atoms with Crippen molar-refractivity contribution in [3.63, 3.8) is 0 Å². The Morgan fingerprint density at radius 1 is 1.45 bits per heavy atom. The second kappa shape index (κ2) is 5.28. The van der Waals surface area contributed by atoms with E-state index >= 15 is 0 Å². The van der Waals surface area contributed by atoms with E-state index in [0.29, 0.717) is 5.69 Å². The number of fused-ring (bicyclic) bond motifs is 1. The van der Waals surface area contributed by atoms with Crippen molar-refractivity contribution in [2.45, 2.75) is 26.2 Å². The van der Waals surface area contributed by atoms with Crippen molar-refractivity contribution in [2.24, 2.45) is 5.10 Å². The van der Waals surface area contributed by atoms with E-state index in [4.69, 9.17) is 0 Å². The van der Waals surface area contributed by atoms with Crippen LogP contribution in [0.2, 0.25) is 0 Å². The lowest BCUT2D eigenvalue weighted by molar-refractivity contribution is 0.0949. The molecule has 0 unspecified atom stereocenters. The number of nitrogens with one attached hydrogen (secondary N) is 2. The third-order valence-corrected chi connectivity index (χ3v) is 3.44. The molecule has 3 rings (SSSR count). The third kappa shape index (κ3) is 2.47. The molecule has 5 nitrogen and oxygen atoms in total. The molecule has 20 heavy (non-hydrogen) atoms. The van der Waals surface area contributed by atoms with Gasteiger partial charge in [-0.1, -0.05) is 29.8 Å². The summed E-state index contributed by atoms with van der Waals surface area (Å²) in [6, 6.07) is 7.92. The van der Waals surface area contributed by atoms with Gasteiger partial charge in [0.1, 0.15) is 0 Å². The number of amides is 1. The Morgan fingerprint density at radius 2 is 2.35 bits per heavy atom. The first-order valence-corrected chi connectivity index (χ1v) is 6.70. The van der Waals surface area contributed by atoms with Crippen LogP contribution < -0.4 is 5.43 Å². The predicted molar refractivity (Wildman–Crippen MR) is 76.9 cm³/mol. The molecular weight excluding hydrogens is 252 g/mol. The van der Waals surface area contributed by atoms with E-state index in [0.717, 1.165) is 41.6 Å². The molecule has 0 saturated heterocycles. The molecule has 1 aliphatic carbocycles. The van der Waals surface area contributed by atoms with Crippen LogP contribution in [0, 0.1) is 6.92 Å². The van der Waals surface area contributed by atoms with Gasteiger partial charge in [0.15, 0.2) is 5.69 Å². The summed E-state index contributed by atoms with van der Waals surface area (Å²) >= 11 is 0. The van der Waals surface area contributed by atoms with Gasteiger partial charge in [-0.2, -0.15) is 10.2 Å². The number of hydrogen-bond acceptors (Lipinski definition) is 3. The molecule has 0 bridgehead atoms.